The van der Waals surface area contributed by atoms with Gasteiger partial charge in [-0.3, -0.25) is 9.59 Å². The van der Waals surface area contributed by atoms with Gasteiger partial charge in [0.05, 0.1) is 10.7 Å². The molecule has 3 aromatic rings. The van der Waals surface area contributed by atoms with E-state index < -0.39 is 5.91 Å². The summed E-state index contributed by atoms with van der Waals surface area (Å²) in [7, 11) is 1.48. The highest BCUT2D eigenvalue weighted by Gasteiger charge is 2.15. The van der Waals surface area contributed by atoms with Crippen molar-refractivity contribution >= 4 is 51.9 Å². The molecule has 0 atom stereocenters. The van der Waals surface area contributed by atoms with Crippen LogP contribution in [0.3, 0.4) is 0 Å². The molecule has 0 radical (unpaired) electrons. The van der Waals surface area contributed by atoms with E-state index in [0.29, 0.717) is 26.3 Å². The van der Waals surface area contributed by atoms with Gasteiger partial charge >= 0.3 is 0 Å². The third-order valence-corrected chi connectivity index (χ3v) is 5.76. The van der Waals surface area contributed by atoms with E-state index in [0.717, 1.165) is 16.8 Å². The average Bonchev–Trinajstić information content (AvgIpc) is 2.83. The van der Waals surface area contributed by atoms with Crippen molar-refractivity contribution in [2.24, 2.45) is 0 Å². The topological polar surface area (TPSA) is 100 Å². The summed E-state index contributed by atoms with van der Waals surface area (Å²) in [5, 5.41) is 15.0. The van der Waals surface area contributed by atoms with E-state index in [2.05, 4.69) is 33.2 Å². The molecule has 0 unspecified atom stereocenters. The van der Waals surface area contributed by atoms with Crippen LogP contribution >= 0.6 is 22.6 Å². The maximum absolute atomic E-state index is 12.5. The second-order valence-corrected chi connectivity index (χ2v) is 8.84. The summed E-state index contributed by atoms with van der Waals surface area (Å²) in [5.41, 5.74) is 3.91. The normalized spacial score (nSPS) is 10.8. The number of nitrogens with one attached hydrogen (secondary N) is 2. The van der Waals surface area contributed by atoms with Gasteiger partial charge in [-0.25, -0.2) is 0 Å². The van der Waals surface area contributed by atoms with Crippen molar-refractivity contribution in [3.63, 3.8) is 0 Å². The number of anilines is 2. The van der Waals surface area contributed by atoms with Crippen LogP contribution in [0.1, 0.15) is 16.7 Å². The fraction of sp³-hybridized carbons (Fsp3) is 0.148. The number of halogens is 1. The van der Waals surface area contributed by atoms with Crippen LogP contribution in [0.5, 0.6) is 11.5 Å². The lowest BCUT2D eigenvalue weighted by molar-refractivity contribution is -0.118. The van der Waals surface area contributed by atoms with Crippen LogP contribution in [0, 0.1) is 28.7 Å². The van der Waals surface area contributed by atoms with Gasteiger partial charge in [0, 0.05) is 11.4 Å². The minimum atomic E-state index is -0.518. The summed E-state index contributed by atoms with van der Waals surface area (Å²) in [4.78, 5) is 25.0. The smallest absolute Gasteiger partial charge is 0.266 e. The minimum absolute atomic E-state index is 0.0618. The Bertz CT molecular complexity index is 1310. The van der Waals surface area contributed by atoms with Gasteiger partial charge in [0.25, 0.3) is 11.8 Å². The highest BCUT2D eigenvalue weighted by atomic mass is 127. The van der Waals surface area contributed by atoms with E-state index in [1.165, 1.54) is 13.2 Å². The first-order valence-electron chi connectivity index (χ1n) is 10.7. The number of rotatable bonds is 8. The van der Waals surface area contributed by atoms with Crippen molar-refractivity contribution in [2.45, 2.75) is 13.8 Å². The molecule has 0 saturated carbocycles. The van der Waals surface area contributed by atoms with Crippen LogP contribution in [0.2, 0.25) is 0 Å². The summed E-state index contributed by atoms with van der Waals surface area (Å²) < 4.78 is 11.9. The van der Waals surface area contributed by atoms with Gasteiger partial charge in [-0.05, 0) is 84.0 Å². The Kier molecular flexibility index (Phi) is 8.86. The molecule has 0 fully saturated rings. The molecule has 178 valence electrons. The second kappa shape index (κ2) is 12.0. The lowest BCUT2D eigenvalue weighted by Gasteiger charge is -2.14. The molecule has 8 heteroatoms. The highest BCUT2D eigenvalue weighted by Crippen LogP contribution is 2.34. The Morgan fingerprint density at radius 1 is 1.06 bits per heavy atom. The molecule has 2 amide bonds. The van der Waals surface area contributed by atoms with Gasteiger partial charge in [-0.2, -0.15) is 5.26 Å². The van der Waals surface area contributed by atoms with Crippen molar-refractivity contribution in [2.75, 3.05) is 24.4 Å². The molecule has 0 aromatic heterocycles. The molecule has 3 rings (SSSR count). The van der Waals surface area contributed by atoms with E-state index >= 15 is 0 Å². The maximum Gasteiger partial charge on any atom is 0.266 e. The van der Waals surface area contributed by atoms with Gasteiger partial charge in [-0.1, -0.05) is 35.9 Å². The summed E-state index contributed by atoms with van der Waals surface area (Å²) >= 11 is 2.06. The van der Waals surface area contributed by atoms with Gasteiger partial charge in [0.2, 0.25) is 0 Å². The summed E-state index contributed by atoms with van der Waals surface area (Å²) in [5.74, 6) is -0.0457. The first-order valence-corrected chi connectivity index (χ1v) is 11.7. The van der Waals surface area contributed by atoms with Crippen molar-refractivity contribution in [1.29, 1.82) is 5.26 Å². The summed E-state index contributed by atoms with van der Waals surface area (Å²) in [6, 6.07) is 20.0. The molecule has 35 heavy (non-hydrogen) atoms. The monoisotopic (exact) mass is 581 g/mol. The van der Waals surface area contributed by atoms with Gasteiger partial charge in [0.15, 0.2) is 18.1 Å². The standard InChI is InChI=1S/C27H24IN3O4/c1-17-9-10-23(18(2)11-17)31-25(32)16-35-26-22(28)13-19(14-24(26)34-3)12-20(15-29)27(33)30-21-7-5-4-6-8-21/h4-14H,16H2,1-3H3,(H,30,33)(H,31,32)/b20-12+. The number of benzene rings is 3. The van der Waals surface area contributed by atoms with Crippen LogP contribution in [0.4, 0.5) is 11.4 Å². The number of nitriles is 1. The molecule has 0 spiro atoms. The molecular weight excluding hydrogens is 557 g/mol. The van der Waals surface area contributed by atoms with Crippen molar-refractivity contribution in [3.05, 3.63) is 86.5 Å². The fourth-order valence-corrected chi connectivity index (χ4v) is 4.06. The molecule has 0 bridgehead atoms. The van der Waals surface area contributed by atoms with Crippen molar-refractivity contribution in [1.82, 2.24) is 0 Å². The van der Waals surface area contributed by atoms with E-state index in [1.807, 2.05) is 44.2 Å². The number of amides is 2. The van der Waals surface area contributed by atoms with Crippen LogP contribution in [0.15, 0.2) is 66.2 Å². The molecule has 0 heterocycles. The number of carbonyl (C=O) groups is 2. The highest BCUT2D eigenvalue weighted by molar-refractivity contribution is 14.1. The first-order chi connectivity index (χ1) is 16.8. The van der Waals surface area contributed by atoms with Crippen LogP contribution in [-0.4, -0.2) is 25.5 Å². The molecule has 3 aromatic carbocycles. The third kappa shape index (κ3) is 7.07. The summed E-state index contributed by atoms with van der Waals surface area (Å²) in [6.45, 7) is 3.71. The van der Waals surface area contributed by atoms with Crippen molar-refractivity contribution < 1.29 is 19.1 Å². The number of nitrogens with zero attached hydrogens (tertiary/aromatic N) is 1. The van der Waals surface area contributed by atoms with Crippen LogP contribution in [-0.2, 0) is 9.59 Å². The molecule has 0 aliphatic rings. The fourth-order valence-electron chi connectivity index (χ4n) is 3.28. The Labute approximate surface area is 217 Å². The van der Waals surface area contributed by atoms with Crippen molar-refractivity contribution in [3.8, 4) is 17.6 Å². The van der Waals surface area contributed by atoms with Gasteiger partial charge in [-0.15, -0.1) is 0 Å². The summed E-state index contributed by atoms with van der Waals surface area (Å²) in [6.07, 6.45) is 1.47. The Balaban J connectivity index is 1.74. The third-order valence-electron chi connectivity index (χ3n) is 4.96. The van der Waals surface area contributed by atoms with Gasteiger partial charge < -0.3 is 20.1 Å². The number of para-hydroxylation sites is 1. The number of methoxy groups -OCH3 is 1. The quantitative estimate of drug-likeness (QED) is 0.209. The largest absolute Gasteiger partial charge is 0.493 e. The minimum Gasteiger partial charge on any atom is -0.493 e. The zero-order valence-electron chi connectivity index (χ0n) is 19.5. The predicted molar refractivity (Wildman–Crippen MR) is 144 cm³/mol. The molecule has 0 aliphatic carbocycles. The number of carbonyl (C=O) groups excluding carboxylic acids is 2. The number of hydrogen-bond acceptors (Lipinski definition) is 5. The van der Waals surface area contributed by atoms with Gasteiger partial charge in [0.1, 0.15) is 11.6 Å². The number of ether oxygens (including phenoxy) is 2. The Hall–Kier alpha value is -3.84. The predicted octanol–water partition coefficient (Wildman–Crippen LogP) is 5.48. The Morgan fingerprint density at radius 2 is 1.80 bits per heavy atom. The lowest BCUT2D eigenvalue weighted by Crippen LogP contribution is -2.21. The Morgan fingerprint density at radius 3 is 2.46 bits per heavy atom. The molecule has 2 N–H and O–H groups in total. The molecule has 0 aliphatic heterocycles. The van der Waals surface area contributed by atoms with E-state index in [-0.39, 0.29) is 18.1 Å². The molecule has 7 nitrogen and oxygen atoms in total. The zero-order valence-corrected chi connectivity index (χ0v) is 21.7. The number of aryl methyl sites for hydroxylation is 2. The molecule has 0 saturated heterocycles. The van der Waals surface area contributed by atoms with E-state index in [9.17, 15) is 14.9 Å². The van der Waals surface area contributed by atoms with Crippen LogP contribution in [0.25, 0.3) is 6.08 Å². The zero-order chi connectivity index (χ0) is 25.4. The maximum atomic E-state index is 12.5. The average molecular weight is 581 g/mol. The van der Waals surface area contributed by atoms with Crippen LogP contribution < -0.4 is 20.1 Å². The lowest BCUT2D eigenvalue weighted by atomic mass is 10.1. The SMILES string of the molecule is COc1cc(/C=C(\C#N)C(=O)Nc2ccccc2)cc(I)c1OCC(=O)Nc1ccc(C)cc1C. The first kappa shape index (κ1) is 25.8. The second-order valence-electron chi connectivity index (χ2n) is 7.68. The molecular formula is C27H24IN3O4. The van der Waals surface area contributed by atoms with E-state index in [4.69, 9.17) is 9.47 Å². The number of hydrogen-bond donors (Lipinski definition) is 2. The van der Waals surface area contributed by atoms with E-state index in [1.54, 1.807) is 36.4 Å².